The third kappa shape index (κ3) is 3.16. The van der Waals surface area contributed by atoms with Gasteiger partial charge in [0.05, 0.1) is 6.61 Å². The molecule has 6 atom stereocenters. The van der Waals surface area contributed by atoms with Gasteiger partial charge >= 0.3 is 0 Å². The third-order valence-electron chi connectivity index (χ3n) is 3.04. The summed E-state index contributed by atoms with van der Waals surface area (Å²) in [6.45, 7) is 1.25. The molecule has 8 heteroatoms. The van der Waals surface area contributed by atoms with Crippen molar-refractivity contribution in [2.45, 2.75) is 50.0 Å². The summed E-state index contributed by atoms with van der Waals surface area (Å²) in [5.74, 6) is -0.429. The Balaban J connectivity index is 2.67. The highest BCUT2D eigenvalue weighted by Gasteiger charge is 2.44. The molecule has 8 nitrogen and oxygen atoms in total. The first kappa shape index (κ1) is 15.3. The number of nitrogens with one attached hydrogen (secondary N) is 1. The van der Waals surface area contributed by atoms with Crippen molar-refractivity contribution in [2.24, 2.45) is 0 Å². The molecule has 8 N–H and O–H groups in total. The Bertz CT molecular complexity index is 288. The lowest BCUT2D eigenvalue weighted by Crippen LogP contribution is -2.70. The van der Waals surface area contributed by atoms with E-state index in [1.807, 2.05) is 0 Å². The first-order chi connectivity index (χ1) is 8.42. The van der Waals surface area contributed by atoms with Crippen LogP contribution in [0, 0.1) is 0 Å². The molecule has 106 valence electrons. The van der Waals surface area contributed by atoms with Gasteiger partial charge in [-0.25, -0.2) is 0 Å². The first-order valence-corrected chi connectivity index (χ1v) is 5.86. The summed E-state index contributed by atoms with van der Waals surface area (Å²) in [4.78, 5) is 11.6. The third-order valence-corrected chi connectivity index (χ3v) is 3.04. The molecule has 3 unspecified atom stereocenters. The van der Waals surface area contributed by atoms with Gasteiger partial charge < -0.3 is 36.2 Å². The van der Waals surface area contributed by atoms with E-state index in [-0.39, 0.29) is 0 Å². The van der Waals surface area contributed by atoms with Crippen LogP contribution in [0.3, 0.4) is 0 Å². The van der Waals surface area contributed by atoms with Crippen LogP contribution in [0.2, 0.25) is 0 Å². The second kappa shape index (κ2) is 6.41. The number of aliphatic hydroxyl groups is 4. The van der Waals surface area contributed by atoms with Crippen LogP contribution >= 0.6 is 0 Å². The Morgan fingerprint density at radius 1 is 1.33 bits per heavy atom. The van der Waals surface area contributed by atoms with E-state index in [0.29, 0.717) is 6.42 Å². The summed E-state index contributed by atoms with van der Waals surface area (Å²) in [6, 6.07) is -0.502. The maximum Gasteiger partial charge on any atom is 0.280 e. The van der Waals surface area contributed by atoms with Gasteiger partial charge in [0, 0.05) is 6.42 Å². The van der Waals surface area contributed by atoms with Crippen LogP contribution in [-0.2, 0) is 9.53 Å². The topological polar surface area (TPSA) is 147 Å². The predicted octanol–water partition coefficient (Wildman–Crippen LogP) is -4.08. The maximum atomic E-state index is 11.6. The van der Waals surface area contributed by atoms with Gasteiger partial charge in [-0.05, 0) is 0 Å². The van der Waals surface area contributed by atoms with Gasteiger partial charge in [0.15, 0.2) is 12.3 Å². The average molecular weight is 265 g/mol. The highest BCUT2D eigenvalue weighted by atomic mass is 16.6. The molecule has 1 aliphatic rings. The molecule has 0 aromatic rings. The fourth-order valence-electron chi connectivity index (χ4n) is 1.66. The molecule has 0 saturated carbocycles. The molecular formula is C10H21N2O6+. The van der Waals surface area contributed by atoms with Gasteiger partial charge in [0.25, 0.3) is 5.91 Å². The molecule has 18 heavy (non-hydrogen) atoms. The zero-order valence-electron chi connectivity index (χ0n) is 10.2. The summed E-state index contributed by atoms with van der Waals surface area (Å²) in [6.07, 6.45) is -6.08. The van der Waals surface area contributed by atoms with E-state index < -0.39 is 49.2 Å². The van der Waals surface area contributed by atoms with Gasteiger partial charge in [0.2, 0.25) is 0 Å². The van der Waals surface area contributed by atoms with Gasteiger partial charge in [-0.1, -0.05) is 6.92 Å². The van der Waals surface area contributed by atoms with Crippen molar-refractivity contribution in [1.29, 1.82) is 0 Å². The number of quaternary nitrogens is 1. The molecule has 1 saturated heterocycles. The quantitative estimate of drug-likeness (QED) is 0.305. The monoisotopic (exact) mass is 265 g/mol. The lowest BCUT2D eigenvalue weighted by Gasteiger charge is -2.40. The standard InChI is InChI=1S/C10H20N2O6/c1-2-4(11)9(17)12-10-8(16)7(15)6(14)5(3-13)18-10/h4-8,10,13-16H,2-3,11H2,1H3,(H,12,17)/p+1/t4?,5?,6-,7-,8?,10+/m0/s1. The molecule has 0 aliphatic carbocycles. The zero-order valence-corrected chi connectivity index (χ0v) is 10.2. The number of amides is 1. The normalized spacial score (nSPS) is 38.2. The Hall–Kier alpha value is -0.770. The van der Waals surface area contributed by atoms with Crippen LogP contribution in [0.1, 0.15) is 13.3 Å². The number of hydrogen-bond acceptors (Lipinski definition) is 6. The van der Waals surface area contributed by atoms with Crippen LogP contribution in [0.5, 0.6) is 0 Å². The van der Waals surface area contributed by atoms with E-state index >= 15 is 0 Å². The molecule has 1 rings (SSSR count). The van der Waals surface area contributed by atoms with Crippen LogP contribution in [0.4, 0.5) is 0 Å². The second-order valence-electron chi connectivity index (χ2n) is 4.36. The molecule has 0 bridgehead atoms. The van der Waals surface area contributed by atoms with Gasteiger partial charge in [0.1, 0.15) is 24.4 Å². The van der Waals surface area contributed by atoms with E-state index in [1.54, 1.807) is 6.92 Å². The largest absolute Gasteiger partial charge is 0.394 e. The van der Waals surface area contributed by atoms with E-state index in [1.165, 1.54) is 0 Å². The minimum atomic E-state index is -1.49. The fourth-order valence-corrected chi connectivity index (χ4v) is 1.66. The van der Waals surface area contributed by atoms with E-state index in [0.717, 1.165) is 0 Å². The minimum absolute atomic E-state index is 0.429. The van der Waals surface area contributed by atoms with Gasteiger partial charge in [-0.2, -0.15) is 0 Å². The molecule has 1 fully saturated rings. The SMILES string of the molecule is CCC([NH3+])C(=O)N[C@@H]1OC(CO)[C@H](O)[C@H](O)C1O. The number of carbonyl (C=O) groups is 1. The Labute approximate surface area is 104 Å². The molecule has 1 aliphatic heterocycles. The van der Waals surface area contributed by atoms with E-state index in [4.69, 9.17) is 9.84 Å². The summed E-state index contributed by atoms with van der Waals surface area (Å²) in [5.41, 5.74) is 3.61. The van der Waals surface area contributed by atoms with Crippen molar-refractivity contribution in [3.8, 4) is 0 Å². The number of rotatable bonds is 4. The lowest BCUT2D eigenvalue weighted by molar-refractivity contribution is -0.404. The Kier molecular flexibility index (Phi) is 5.45. The molecular weight excluding hydrogens is 244 g/mol. The Morgan fingerprint density at radius 2 is 1.94 bits per heavy atom. The highest BCUT2D eigenvalue weighted by Crippen LogP contribution is 2.19. The van der Waals surface area contributed by atoms with Crippen molar-refractivity contribution in [3.05, 3.63) is 0 Å². The predicted molar refractivity (Wildman–Crippen MR) is 58.9 cm³/mol. The highest BCUT2D eigenvalue weighted by molar-refractivity contribution is 5.80. The van der Waals surface area contributed by atoms with Crippen LogP contribution in [0.25, 0.3) is 0 Å². The number of ether oxygens (including phenoxy) is 1. The average Bonchev–Trinajstić information content (AvgIpc) is 2.38. The fraction of sp³-hybridized carbons (Fsp3) is 0.900. The molecule has 1 amide bonds. The summed E-state index contributed by atoms with van der Waals surface area (Å²) >= 11 is 0. The molecule has 1 heterocycles. The summed E-state index contributed by atoms with van der Waals surface area (Å²) in [7, 11) is 0. The number of aliphatic hydroxyl groups excluding tert-OH is 4. The smallest absolute Gasteiger partial charge is 0.280 e. The lowest BCUT2D eigenvalue weighted by atomic mass is 9.98. The molecule has 0 aromatic heterocycles. The van der Waals surface area contributed by atoms with Crippen LogP contribution < -0.4 is 11.1 Å². The zero-order chi connectivity index (χ0) is 13.9. The van der Waals surface area contributed by atoms with E-state index in [2.05, 4.69) is 11.1 Å². The van der Waals surface area contributed by atoms with Crippen molar-refractivity contribution in [1.82, 2.24) is 5.32 Å². The first-order valence-electron chi connectivity index (χ1n) is 5.86. The van der Waals surface area contributed by atoms with Crippen molar-refractivity contribution >= 4 is 5.91 Å². The molecule has 0 aromatic carbocycles. The van der Waals surface area contributed by atoms with Gasteiger partial charge in [-0.3, -0.25) is 4.79 Å². The van der Waals surface area contributed by atoms with Crippen molar-refractivity contribution < 1.29 is 35.7 Å². The second-order valence-corrected chi connectivity index (χ2v) is 4.36. The van der Waals surface area contributed by atoms with Crippen molar-refractivity contribution in [3.63, 3.8) is 0 Å². The number of carbonyl (C=O) groups excluding carboxylic acids is 1. The van der Waals surface area contributed by atoms with Crippen LogP contribution in [-0.4, -0.2) is 69.6 Å². The minimum Gasteiger partial charge on any atom is -0.394 e. The maximum absolute atomic E-state index is 11.6. The number of hydrogen-bond donors (Lipinski definition) is 6. The van der Waals surface area contributed by atoms with Crippen LogP contribution in [0.15, 0.2) is 0 Å². The Morgan fingerprint density at radius 3 is 2.44 bits per heavy atom. The molecule has 0 spiro atoms. The van der Waals surface area contributed by atoms with E-state index in [9.17, 15) is 20.1 Å². The van der Waals surface area contributed by atoms with Gasteiger partial charge in [-0.15, -0.1) is 0 Å². The molecule has 0 radical (unpaired) electrons. The summed E-state index contributed by atoms with van der Waals surface area (Å²) in [5, 5.41) is 40.1. The van der Waals surface area contributed by atoms with Crippen molar-refractivity contribution in [2.75, 3.05) is 6.61 Å². The summed E-state index contributed by atoms with van der Waals surface area (Å²) < 4.78 is 5.13.